The highest BCUT2D eigenvalue weighted by atomic mass is 35.5. The number of carbonyl (C=O) groups excluding carboxylic acids is 1. The minimum atomic E-state index is -0.328. The van der Waals surface area contributed by atoms with E-state index in [1.165, 1.54) is 4.68 Å². The first-order valence-corrected chi connectivity index (χ1v) is 8.81. The van der Waals surface area contributed by atoms with Gasteiger partial charge in [-0.3, -0.25) is 19.5 Å². The van der Waals surface area contributed by atoms with E-state index in [1.54, 1.807) is 24.3 Å². The minimum Gasteiger partial charge on any atom is -0.353 e. The number of halogens is 1. The summed E-state index contributed by atoms with van der Waals surface area (Å²) < 4.78 is 1.21. The van der Waals surface area contributed by atoms with E-state index in [9.17, 15) is 14.4 Å². The summed E-state index contributed by atoms with van der Waals surface area (Å²) in [6.45, 7) is 0.715. The third kappa shape index (κ3) is 4.34. The van der Waals surface area contributed by atoms with Crippen LogP contribution in [-0.2, 0) is 11.3 Å². The highest BCUT2D eigenvalue weighted by molar-refractivity contribution is 5.85. The van der Waals surface area contributed by atoms with E-state index in [0.29, 0.717) is 23.2 Å². The van der Waals surface area contributed by atoms with Crippen molar-refractivity contribution in [3.63, 3.8) is 0 Å². The largest absolute Gasteiger partial charge is 0.353 e. The molecule has 1 heterocycles. The molecule has 142 valence electrons. The summed E-state index contributed by atoms with van der Waals surface area (Å²) in [7, 11) is 0. The summed E-state index contributed by atoms with van der Waals surface area (Å²) >= 11 is 0. The van der Waals surface area contributed by atoms with Gasteiger partial charge < -0.3 is 11.1 Å². The van der Waals surface area contributed by atoms with E-state index in [0.717, 1.165) is 25.7 Å². The van der Waals surface area contributed by atoms with Gasteiger partial charge in [-0.2, -0.15) is 0 Å². The number of H-pyrrole nitrogens is 1. The molecule has 1 fully saturated rings. The topological polar surface area (TPSA) is 110 Å². The van der Waals surface area contributed by atoms with Gasteiger partial charge in [-0.1, -0.05) is 25.0 Å². The van der Waals surface area contributed by atoms with Crippen LogP contribution in [0.2, 0.25) is 0 Å². The van der Waals surface area contributed by atoms with Crippen LogP contribution in [0.5, 0.6) is 0 Å². The molecule has 26 heavy (non-hydrogen) atoms. The lowest BCUT2D eigenvalue weighted by Gasteiger charge is -2.31. The Morgan fingerprint density at radius 3 is 2.62 bits per heavy atom. The van der Waals surface area contributed by atoms with Crippen LogP contribution in [0.15, 0.2) is 33.9 Å². The van der Waals surface area contributed by atoms with E-state index >= 15 is 0 Å². The summed E-state index contributed by atoms with van der Waals surface area (Å²) in [5, 5.41) is 6.31. The molecule has 1 aromatic carbocycles. The van der Waals surface area contributed by atoms with Crippen LogP contribution in [0.25, 0.3) is 10.8 Å². The molecule has 3 rings (SSSR count). The lowest BCUT2D eigenvalue weighted by Crippen LogP contribution is -2.45. The smallest absolute Gasteiger partial charge is 0.273 e. The van der Waals surface area contributed by atoms with Crippen LogP contribution >= 0.6 is 12.4 Å². The molecule has 2 aromatic rings. The van der Waals surface area contributed by atoms with Crippen molar-refractivity contribution in [3.05, 3.63) is 45.0 Å². The maximum Gasteiger partial charge on any atom is 0.273 e. The predicted molar refractivity (Wildman–Crippen MR) is 104 cm³/mol. The Kier molecular flexibility index (Phi) is 6.99. The van der Waals surface area contributed by atoms with Crippen molar-refractivity contribution in [1.82, 2.24) is 15.1 Å². The molecule has 0 bridgehead atoms. The number of aromatic nitrogens is 2. The van der Waals surface area contributed by atoms with Gasteiger partial charge in [-0.15, -0.1) is 12.4 Å². The number of hydrogen-bond acceptors (Lipinski definition) is 4. The highest BCUT2D eigenvalue weighted by Crippen LogP contribution is 2.23. The predicted octanol–water partition coefficient (Wildman–Crippen LogP) is 1.14. The number of carbonyl (C=O) groups is 1. The molecular weight excluding hydrogens is 356 g/mol. The molecule has 0 aliphatic heterocycles. The SMILES string of the molecule is Cl.NCC1CCCCC1NC(=O)CCn1[nH]c(=O)c2ccccc2c1=O. The van der Waals surface area contributed by atoms with Gasteiger partial charge in [0, 0.05) is 12.5 Å². The lowest BCUT2D eigenvalue weighted by molar-refractivity contribution is -0.122. The maximum absolute atomic E-state index is 12.4. The average molecular weight is 381 g/mol. The fraction of sp³-hybridized carbons (Fsp3) is 0.500. The maximum atomic E-state index is 12.4. The number of nitrogens with one attached hydrogen (secondary N) is 2. The van der Waals surface area contributed by atoms with Gasteiger partial charge >= 0.3 is 0 Å². The normalized spacial score (nSPS) is 19.7. The lowest BCUT2D eigenvalue weighted by atomic mass is 9.84. The molecule has 1 amide bonds. The van der Waals surface area contributed by atoms with E-state index in [2.05, 4.69) is 10.4 Å². The Morgan fingerprint density at radius 1 is 1.19 bits per heavy atom. The standard InChI is InChI=1S/C18H24N4O3.ClH/c19-11-12-5-1-4-8-15(12)20-16(23)9-10-22-18(25)14-7-3-2-6-13(14)17(24)21-22;/h2-3,6-7,12,15H,1,4-5,8-11,19H2,(H,20,23)(H,21,24);1H. The summed E-state index contributed by atoms with van der Waals surface area (Å²) in [6, 6.07) is 6.78. The molecule has 7 nitrogen and oxygen atoms in total. The molecule has 0 saturated heterocycles. The zero-order valence-electron chi connectivity index (χ0n) is 14.6. The van der Waals surface area contributed by atoms with E-state index < -0.39 is 0 Å². The monoisotopic (exact) mass is 380 g/mol. The van der Waals surface area contributed by atoms with Crippen LogP contribution in [-0.4, -0.2) is 28.3 Å². The summed E-state index contributed by atoms with van der Waals surface area (Å²) in [5.41, 5.74) is 5.17. The van der Waals surface area contributed by atoms with Gasteiger partial charge in [-0.25, -0.2) is 4.68 Å². The molecule has 1 saturated carbocycles. The number of rotatable bonds is 5. The molecule has 4 N–H and O–H groups in total. The van der Waals surface area contributed by atoms with Gasteiger partial charge in [0.25, 0.3) is 11.1 Å². The van der Waals surface area contributed by atoms with Gasteiger partial charge in [0.15, 0.2) is 0 Å². The third-order valence-corrected chi connectivity index (χ3v) is 5.00. The van der Waals surface area contributed by atoms with Crippen molar-refractivity contribution in [2.45, 2.75) is 44.7 Å². The second-order valence-corrected chi connectivity index (χ2v) is 6.65. The molecule has 1 aromatic heterocycles. The fourth-order valence-electron chi connectivity index (χ4n) is 3.58. The number of nitrogens with zero attached hydrogens (tertiary/aromatic N) is 1. The molecule has 2 unspecified atom stereocenters. The zero-order valence-corrected chi connectivity index (χ0v) is 15.4. The molecule has 8 heteroatoms. The molecule has 0 radical (unpaired) electrons. The van der Waals surface area contributed by atoms with Crippen LogP contribution < -0.4 is 22.2 Å². The van der Waals surface area contributed by atoms with Crippen molar-refractivity contribution < 1.29 is 4.79 Å². The first-order valence-electron chi connectivity index (χ1n) is 8.81. The highest BCUT2D eigenvalue weighted by Gasteiger charge is 2.25. The van der Waals surface area contributed by atoms with Gasteiger partial charge in [-0.05, 0) is 37.4 Å². The Balaban J connectivity index is 0.00000243. The second kappa shape index (κ2) is 9.00. The number of hydrogen-bond donors (Lipinski definition) is 3. The van der Waals surface area contributed by atoms with Crippen molar-refractivity contribution in [3.8, 4) is 0 Å². The van der Waals surface area contributed by atoms with Crippen molar-refractivity contribution >= 4 is 29.1 Å². The van der Waals surface area contributed by atoms with Crippen LogP contribution in [0.4, 0.5) is 0 Å². The number of amides is 1. The van der Waals surface area contributed by atoms with Gasteiger partial charge in [0.05, 0.1) is 17.3 Å². The average Bonchev–Trinajstić information content (AvgIpc) is 2.64. The van der Waals surface area contributed by atoms with Gasteiger partial charge in [0.1, 0.15) is 0 Å². The van der Waals surface area contributed by atoms with Crippen LogP contribution in [0.1, 0.15) is 32.1 Å². The Labute approximate surface area is 157 Å². The summed E-state index contributed by atoms with van der Waals surface area (Å²) in [5.74, 6) is 0.201. The second-order valence-electron chi connectivity index (χ2n) is 6.65. The number of nitrogens with two attached hydrogens (primary N) is 1. The molecule has 1 aliphatic rings. The van der Waals surface area contributed by atoms with E-state index in [4.69, 9.17) is 5.73 Å². The Morgan fingerprint density at radius 2 is 1.88 bits per heavy atom. The quantitative estimate of drug-likeness (QED) is 0.722. The number of fused-ring (bicyclic) bond motifs is 1. The van der Waals surface area contributed by atoms with Crippen molar-refractivity contribution in [2.24, 2.45) is 11.7 Å². The van der Waals surface area contributed by atoms with Crippen molar-refractivity contribution in [1.29, 1.82) is 0 Å². The third-order valence-electron chi connectivity index (χ3n) is 5.00. The Hall–Kier alpha value is -2.12. The van der Waals surface area contributed by atoms with Gasteiger partial charge in [0.2, 0.25) is 5.91 Å². The molecule has 2 atom stereocenters. The summed E-state index contributed by atoms with van der Waals surface area (Å²) in [6.07, 6.45) is 4.38. The van der Waals surface area contributed by atoms with Crippen LogP contribution in [0, 0.1) is 5.92 Å². The molecule has 0 spiro atoms. The van der Waals surface area contributed by atoms with E-state index in [1.807, 2.05) is 0 Å². The first kappa shape index (κ1) is 20.2. The number of aryl methyl sites for hydroxylation is 1. The minimum absolute atomic E-state index is 0. The number of aromatic amines is 1. The number of benzene rings is 1. The molecular formula is C18H25ClN4O3. The zero-order chi connectivity index (χ0) is 17.8. The fourth-order valence-corrected chi connectivity index (χ4v) is 3.58. The molecule has 1 aliphatic carbocycles. The Bertz CT molecular complexity index is 877. The van der Waals surface area contributed by atoms with Crippen molar-refractivity contribution in [2.75, 3.05) is 6.54 Å². The van der Waals surface area contributed by atoms with Crippen LogP contribution in [0.3, 0.4) is 0 Å². The first-order chi connectivity index (χ1) is 12.1. The summed E-state index contributed by atoms with van der Waals surface area (Å²) in [4.78, 5) is 36.7. The van der Waals surface area contributed by atoms with E-state index in [-0.39, 0.29) is 48.4 Å².